The molecule has 0 saturated carbocycles. The lowest BCUT2D eigenvalue weighted by molar-refractivity contribution is -0.127. The smallest absolute Gasteiger partial charge is 0.294 e. The van der Waals surface area contributed by atoms with E-state index in [-0.39, 0.29) is 24.1 Å². The monoisotopic (exact) mass is 458 g/mol. The Morgan fingerprint density at radius 1 is 1.10 bits per heavy atom. The Morgan fingerprint density at radius 3 is 2.71 bits per heavy atom. The van der Waals surface area contributed by atoms with Gasteiger partial charge in [-0.05, 0) is 42.8 Å². The molecule has 4 rings (SSSR count). The largest absolute Gasteiger partial charge is 0.477 e. The molecule has 31 heavy (non-hydrogen) atoms. The van der Waals surface area contributed by atoms with Crippen molar-refractivity contribution in [3.8, 4) is 17.1 Å². The number of ether oxygens (including phenoxy) is 1. The number of rotatable bonds is 5. The predicted molar refractivity (Wildman–Crippen MR) is 120 cm³/mol. The van der Waals surface area contributed by atoms with Gasteiger partial charge in [0.25, 0.3) is 11.8 Å². The highest BCUT2D eigenvalue weighted by Crippen LogP contribution is 2.37. The van der Waals surface area contributed by atoms with Gasteiger partial charge < -0.3 is 14.5 Å². The van der Waals surface area contributed by atoms with Gasteiger partial charge in [-0.2, -0.15) is 0 Å². The molecule has 2 amide bonds. The Labute approximate surface area is 189 Å². The van der Waals surface area contributed by atoms with Crippen LogP contribution in [-0.4, -0.2) is 31.0 Å². The molecule has 0 unspecified atom stereocenters. The molecule has 1 N–H and O–H groups in total. The molecule has 1 aromatic heterocycles. The summed E-state index contributed by atoms with van der Waals surface area (Å²) in [6.45, 7) is 2.57. The normalized spacial score (nSPS) is 15.2. The molecule has 1 aliphatic rings. The fraction of sp³-hybridized carbons (Fsp3) is 0.217. The van der Waals surface area contributed by atoms with Gasteiger partial charge in [0.2, 0.25) is 0 Å². The first-order chi connectivity index (χ1) is 15.0. The number of hydrogen-bond acceptors (Lipinski definition) is 4. The molecule has 2 aromatic carbocycles. The molecule has 3 aromatic rings. The van der Waals surface area contributed by atoms with Crippen molar-refractivity contribution in [2.75, 3.05) is 18.0 Å². The summed E-state index contributed by atoms with van der Waals surface area (Å²) in [4.78, 5) is 27.3. The number of nitrogens with one attached hydrogen (secondary N) is 1. The zero-order chi connectivity index (χ0) is 22.0. The van der Waals surface area contributed by atoms with Crippen LogP contribution in [0, 0.1) is 0 Å². The predicted octanol–water partition coefficient (Wildman–Crippen LogP) is 5.19. The molecule has 0 fully saturated rings. The first kappa shape index (κ1) is 21.3. The maximum atomic E-state index is 13.3. The van der Waals surface area contributed by atoms with Crippen LogP contribution in [0.2, 0.25) is 10.0 Å². The summed E-state index contributed by atoms with van der Waals surface area (Å²) in [5, 5.41) is 3.56. The van der Waals surface area contributed by atoms with Crippen LogP contribution in [0.15, 0.2) is 59.0 Å². The van der Waals surface area contributed by atoms with Crippen molar-refractivity contribution in [3.05, 3.63) is 70.4 Å². The van der Waals surface area contributed by atoms with Crippen molar-refractivity contribution in [1.82, 2.24) is 5.32 Å². The van der Waals surface area contributed by atoms with Crippen LogP contribution in [0.4, 0.5) is 5.69 Å². The molecule has 0 aliphatic carbocycles. The molecule has 1 atom stereocenters. The lowest BCUT2D eigenvalue weighted by Gasteiger charge is -2.33. The Bertz CT molecular complexity index is 1130. The van der Waals surface area contributed by atoms with Crippen molar-refractivity contribution in [2.45, 2.75) is 19.4 Å². The number of carbonyl (C=O) groups excluding carboxylic acids is 2. The molecule has 0 spiro atoms. The van der Waals surface area contributed by atoms with Gasteiger partial charge in [-0.1, -0.05) is 48.3 Å². The second-order valence-corrected chi connectivity index (χ2v) is 7.83. The highest BCUT2D eigenvalue weighted by atomic mass is 35.5. The van der Waals surface area contributed by atoms with Gasteiger partial charge >= 0.3 is 0 Å². The highest BCUT2D eigenvalue weighted by Gasteiger charge is 2.35. The van der Waals surface area contributed by atoms with Gasteiger partial charge in [0.15, 0.2) is 11.9 Å². The van der Waals surface area contributed by atoms with Gasteiger partial charge in [0.1, 0.15) is 11.5 Å². The van der Waals surface area contributed by atoms with Crippen LogP contribution in [0.5, 0.6) is 5.75 Å². The molecule has 1 aliphatic heterocycles. The fourth-order valence-electron chi connectivity index (χ4n) is 3.35. The second-order valence-electron chi connectivity index (χ2n) is 7.05. The molecule has 160 valence electrons. The highest BCUT2D eigenvalue weighted by molar-refractivity contribution is 6.43. The zero-order valence-electron chi connectivity index (χ0n) is 16.7. The van der Waals surface area contributed by atoms with Crippen molar-refractivity contribution < 1.29 is 18.7 Å². The number of fused-ring (bicyclic) bond motifs is 1. The summed E-state index contributed by atoms with van der Waals surface area (Å²) in [5.41, 5.74) is 1.16. The number of benzene rings is 2. The van der Waals surface area contributed by atoms with E-state index in [1.807, 2.05) is 6.92 Å². The minimum atomic E-state index is -0.817. The van der Waals surface area contributed by atoms with Crippen LogP contribution < -0.4 is 15.0 Å². The first-order valence-electron chi connectivity index (χ1n) is 9.89. The number of hydrogen-bond donors (Lipinski definition) is 1. The van der Waals surface area contributed by atoms with Gasteiger partial charge in [0.05, 0.1) is 22.3 Å². The van der Waals surface area contributed by atoms with Gasteiger partial charge in [0, 0.05) is 12.1 Å². The quantitative estimate of drug-likeness (QED) is 0.570. The second kappa shape index (κ2) is 9.04. The number of amides is 2. The van der Waals surface area contributed by atoms with Gasteiger partial charge in [-0.3, -0.25) is 14.5 Å². The minimum Gasteiger partial charge on any atom is -0.477 e. The minimum absolute atomic E-state index is 0.0688. The standard InChI is InChI=1S/C23H20Cl2N2O4/c1-2-12-26-22(28)20-13-27(16-8-3-4-9-18(16)31-20)23(29)19-11-10-17(30-19)14-6-5-7-15(24)21(14)25/h3-11,20H,2,12-13H2,1H3,(H,26,28)/t20-/m0/s1. The van der Waals surface area contributed by atoms with Crippen LogP contribution in [0.25, 0.3) is 11.3 Å². The summed E-state index contributed by atoms with van der Waals surface area (Å²) in [7, 11) is 0. The van der Waals surface area contributed by atoms with Crippen LogP contribution in [0.1, 0.15) is 23.9 Å². The summed E-state index contributed by atoms with van der Waals surface area (Å²) < 4.78 is 11.7. The third-order valence-corrected chi connectivity index (χ3v) is 5.71. The van der Waals surface area contributed by atoms with Gasteiger partial charge in [-0.15, -0.1) is 0 Å². The number of carbonyl (C=O) groups is 2. The third-order valence-electron chi connectivity index (χ3n) is 4.89. The summed E-state index contributed by atoms with van der Waals surface area (Å²) >= 11 is 12.4. The number of furan rings is 1. The molecule has 0 bridgehead atoms. The number of nitrogens with zero attached hydrogens (tertiary/aromatic N) is 1. The molecule has 0 radical (unpaired) electrons. The van der Waals surface area contributed by atoms with E-state index in [0.29, 0.717) is 39.4 Å². The summed E-state index contributed by atoms with van der Waals surface area (Å²) in [6.07, 6.45) is -0.0129. The van der Waals surface area contributed by atoms with Crippen molar-refractivity contribution in [2.24, 2.45) is 0 Å². The van der Waals surface area contributed by atoms with E-state index < -0.39 is 6.10 Å². The third kappa shape index (κ3) is 4.27. The molecule has 8 heteroatoms. The molecular formula is C23H20Cl2N2O4. The van der Waals surface area contributed by atoms with Crippen LogP contribution >= 0.6 is 23.2 Å². The number of halogens is 2. The summed E-state index contributed by atoms with van der Waals surface area (Å²) in [6, 6.07) is 15.5. The fourth-order valence-corrected chi connectivity index (χ4v) is 3.74. The first-order valence-corrected chi connectivity index (χ1v) is 10.6. The Balaban J connectivity index is 1.63. The molecule has 0 saturated heterocycles. The van der Waals surface area contributed by atoms with E-state index in [1.54, 1.807) is 54.6 Å². The maximum absolute atomic E-state index is 13.3. The van der Waals surface area contributed by atoms with E-state index in [9.17, 15) is 9.59 Å². The van der Waals surface area contributed by atoms with Crippen LogP contribution in [0.3, 0.4) is 0 Å². The van der Waals surface area contributed by atoms with Gasteiger partial charge in [-0.25, -0.2) is 0 Å². The van der Waals surface area contributed by atoms with Crippen molar-refractivity contribution in [1.29, 1.82) is 0 Å². The van der Waals surface area contributed by atoms with E-state index in [2.05, 4.69) is 5.32 Å². The van der Waals surface area contributed by atoms with E-state index in [4.69, 9.17) is 32.4 Å². The SMILES string of the molecule is CCCNC(=O)[C@@H]1CN(C(=O)c2ccc(-c3cccc(Cl)c3Cl)o2)c2ccccc2O1. The van der Waals surface area contributed by atoms with Crippen molar-refractivity contribution in [3.63, 3.8) is 0 Å². The van der Waals surface area contributed by atoms with E-state index in [0.717, 1.165) is 6.42 Å². The molecular weight excluding hydrogens is 439 g/mol. The topological polar surface area (TPSA) is 71.8 Å². The maximum Gasteiger partial charge on any atom is 0.294 e. The lowest BCUT2D eigenvalue weighted by atomic mass is 10.1. The van der Waals surface area contributed by atoms with Crippen LogP contribution in [-0.2, 0) is 4.79 Å². The average molecular weight is 459 g/mol. The number of anilines is 1. The summed E-state index contributed by atoms with van der Waals surface area (Å²) in [5.74, 6) is 0.363. The number of para-hydroxylation sites is 2. The van der Waals surface area contributed by atoms with E-state index >= 15 is 0 Å². The molecule has 2 heterocycles. The van der Waals surface area contributed by atoms with Crippen molar-refractivity contribution >= 4 is 40.7 Å². The Hall–Kier alpha value is -2.96. The molecule has 6 nitrogen and oxygen atoms in total. The average Bonchev–Trinajstić information content (AvgIpc) is 3.28. The Morgan fingerprint density at radius 2 is 1.90 bits per heavy atom. The lowest BCUT2D eigenvalue weighted by Crippen LogP contribution is -2.50. The van der Waals surface area contributed by atoms with E-state index in [1.165, 1.54) is 4.90 Å². The Kier molecular flexibility index (Phi) is 6.20. The zero-order valence-corrected chi connectivity index (χ0v) is 18.2.